The zero-order valence-corrected chi connectivity index (χ0v) is 14.3. The molecule has 1 aliphatic rings. The van der Waals surface area contributed by atoms with E-state index in [0.717, 1.165) is 16.7 Å². The van der Waals surface area contributed by atoms with E-state index in [0.29, 0.717) is 12.0 Å². The molecule has 0 heterocycles. The molecule has 26 heavy (non-hydrogen) atoms. The summed E-state index contributed by atoms with van der Waals surface area (Å²) >= 11 is 0. The third kappa shape index (κ3) is 4.26. The lowest BCUT2D eigenvalue weighted by molar-refractivity contribution is 0.652. The minimum Gasteiger partial charge on any atom is -0.197 e. The van der Waals surface area contributed by atoms with Gasteiger partial charge in [0.15, 0.2) is 0 Å². The van der Waals surface area contributed by atoms with Gasteiger partial charge in [-0.3, -0.25) is 0 Å². The van der Waals surface area contributed by atoms with Crippen molar-refractivity contribution in [1.29, 1.82) is 10.5 Å². The summed E-state index contributed by atoms with van der Waals surface area (Å²) in [5.41, 5.74) is 3.24. The predicted octanol–water partition coefficient (Wildman–Crippen LogP) is 5.68. The Labute approximate surface area is 154 Å². The maximum atomic E-state index is 9.65. The molecule has 1 unspecified atom stereocenters. The molecule has 2 aromatic carbocycles. The maximum Gasteiger partial charge on any atom is 0.0991 e. The number of rotatable bonds is 4. The van der Waals surface area contributed by atoms with Crippen molar-refractivity contribution < 1.29 is 0 Å². The maximum absolute atomic E-state index is 9.65. The molecule has 0 saturated heterocycles. The molecule has 0 saturated carbocycles. The van der Waals surface area contributed by atoms with Gasteiger partial charge in [-0.25, -0.2) is 0 Å². The molecule has 0 N–H and O–H groups in total. The molecule has 2 heteroatoms. The zero-order chi connectivity index (χ0) is 18.2. The highest BCUT2D eigenvalue weighted by molar-refractivity contribution is 5.57. The number of nitriles is 2. The van der Waals surface area contributed by atoms with Crippen LogP contribution in [0, 0.1) is 28.1 Å². The molecular formula is C24H18N2. The SMILES string of the molecule is N#Cc1ccc(C=CC2(C#N)C=CC(C=Cc3ccccc3)=CC2)cc1. The Morgan fingerprint density at radius 1 is 0.846 bits per heavy atom. The molecule has 0 radical (unpaired) electrons. The van der Waals surface area contributed by atoms with Crippen LogP contribution in [-0.2, 0) is 0 Å². The molecule has 0 spiro atoms. The molecule has 3 rings (SSSR count). The fourth-order valence-corrected chi connectivity index (χ4v) is 2.71. The van der Waals surface area contributed by atoms with Crippen molar-refractivity contribution in [1.82, 2.24) is 0 Å². The van der Waals surface area contributed by atoms with Crippen molar-refractivity contribution in [3.05, 3.63) is 107 Å². The van der Waals surface area contributed by atoms with E-state index in [2.05, 4.69) is 42.5 Å². The first-order chi connectivity index (χ1) is 12.7. The van der Waals surface area contributed by atoms with Crippen LogP contribution in [0.4, 0.5) is 0 Å². The monoisotopic (exact) mass is 334 g/mol. The standard InChI is InChI=1S/C24H18N2/c25-18-23-10-8-21(9-11-23)12-15-24(19-26)16-13-22(14-17-24)7-6-20-4-2-1-3-5-20/h1-16H,17H2. The lowest BCUT2D eigenvalue weighted by Crippen LogP contribution is -2.13. The minimum atomic E-state index is -0.627. The average molecular weight is 334 g/mol. The summed E-state index contributed by atoms with van der Waals surface area (Å²) in [7, 11) is 0. The van der Waals surface area contributed by atoms with Crippen molar-refractivity contribution in [3.63, 3.8) is 0 Å². The van der Waals surface area contributed by atoms with Crippen molar-refractivity contribution in [3.8, 4) is 12.1 Å². The fourth-order valence-electron chi connectivity index (χ4n) is 2.71. The Hall–Kier alpha value is -3.62. The molecular weight excluding hydrogens is 316 g/mol. The third-order valence-electron chi connectivity index (χ3n) is 4.34. The van der Waals surface area contributed by atoms with Gasteiger partial charge in [0.25, 0.3) is 0 Å². The van der Waals surface area contributed by atoms with E-state index in [1.54, 1.807) is 12.1 Å². The van der Waals surface area contributed by atoms with E-state index in [4.69, 9.17) is 5.26 Å². The van der Waals surface area contributed by atoms with Crippen molar-refractivity contribution in [2.24, 2.45) is 5.41 Å². The largest absolute Gasteiger partial charge is 0.197 e. The highest BCUT2D eigenvalue weighted by Gasteiger charge is 2.24. The molecule has 0 bridgehead atoms. The first-order valence-electron chi connectivity index (χ1n) is 8.46. The first-order valence-corrected chi connectivity index (χ1v) is 8.46. The lowest BCUT2D eigenvalue weighted by atomic mass is 9.80. The molecule has 0 aromatic heterocycles. The van der Waals surface area contributed by atoms with Gasteiger partial charge in [0.1, 0.15) is 0 Å². The van der Waals surface area contributed by atoms with Crippen LogP contribution in [0.3, 0.4) is 0 Å². The molecule has 0 aliphatic heterocycles. The van der Waals surface area contributed by atoms with Gasteiger partial charge in [-0.15, -0.1) is 0 Å². The Morgan fingerprint density at radius 3 is 2.19 bits per heavy atom. The van der Waals surface area contributed by atoms with E-state index < -0.39 is 5.41 Å². The van der Waals surface area contributed by atoms with Crippen LogP contribution in [0.15, 0.2) is 90.6 Å². The summed E-state index contributed by atoms with van der Waals surface area (Å²) in [5, 5.41) is 18.5. The number of allylic oxidation sites excluding steroid dienone is 6. The first kappa shape index (κ1) is 17.2. The van der Waals surface area contributed by atoms with Crippen molar-refractivity contribution >= 4 is 12.2 Å². The second-order valence-corrected chi connectivity index (χ2v) is 6.20. The molecule has 2 aromatic rings. The molecule has 1 atom stereocenters. The average Bonchev–Trinajstić information content (AvgIpc) is 2.73. The van der Waals surface area contributed by atoms with Gasteiger partial charge in [-0.05, 0) is 35.3 Å². The number of hydrogen-bond acceptors (Lipinski definition) is 2. The van der Waals surface area contributed by atoms with E-state index in [1.165, 1.54) is 0 Å². The van der Waals surface area contributed by atoms with E-state index in [9.17, 15) is 5.26 Å². The Bertz CT molecular complexity index is 962. The van der Waals surface area contributed by atoms with Crippen molar-refractivity contribution in [2.45, 2.75) is 6.42 Å². The molecule has 2 nitrogen and oxygen atoms in total. The topological polar surface area (TPSA) is 47.6 Å². The van der Waals surface area contributed by atoms with Crippen LogP contribution >= 0.6 is 0 Å². The van der Waals surface area contributed by atoms with Crippen LogP contribution in [0.1, 0.15) is 23.1 Å². The summed E-state index contributed by atoms with van der Waals surface area (Å²) in [6.45, 7) is 0. The summed E-state index contributed by atoms with van der Waals surface area (Å²) in [5.74, 6) is 0. The zero-order valence-electron chi connectivity index (χ0n) is 14.3. The summed E-state index contributed by atoms with van der Waals surface area (Å²) in [6.07, 6.45) is 14.7. The van der Waals surface area contributed by atoms with E-state index >= 15 is 0 Å². The van der Waals surface area contributed by atoms with Crippen LogP contribution in [0.2, 0.25) is 0 Å². The summed E-state index contributed by atoms with van der Waals surface area (Å²) < 4.78 is 0. The van der Waals surface area contributed by atoms with Crippen LogP contribution in [-0.4, -0.2) is 0 Å². The molecule has 0 amide bonds. The highest BCUT2D eigenvalue weighted by Crippen LogP contribution is 2.32. The summed E-state index contributed by atoms with van der Waals surface area (Å²) in [4.78, 5) is 0. The second kappa shape index (κ2) is 7.97. The van der Waals surface area contributed by atoms with Crippen LogP contribution < -0.4 is 0 Å². The Morgan fingerprint density at radius 2 is 1.58 bits per heavy atom. The van der Waals surface area contributed by atoms with Crippen molar-refractivity contribution in [2.75, 3.05) is 0 Å². The Kier molecular flexibility index (Phi) is 5.28. The molecule has 0 fully saturated rings. The van der Waals surface area contributed by atoms with Gasteiger partial charge in [-0.2, -0.15) is 10.5 Å². The van der Waals surface area contributed by atoms with Gasteiger partial charge >= 0.3 is 0 Å². The molecule has 1 aliphatic carbocycles. The normalized spacial score (nSPS) is 19.2. The van der Waals surface area contributed by atoms with E-state index in [-0.39, 0.29) is 0 Å². The molecule has 124 valence electrons. The number of hydrogen-bond donors (Lipinski definition) is 0. The quantitative estimate of drug-likeness (QED) is 0.722. The lowest BCUT2D eigenvalue weighted by Gasteiger charge is -2.20. The summed E-state index contributed by atoms with van der Waals surface area (Å²) in [6, 6.07) is 22.0. The highest BCUT2D eigenvalue weighted by atomic mass is 14.3. The van der Waals surface area contributed by atoms with Gasteiger partial charge in [0.2, 0.25) is 0 Å². The van der Waals surface area contributed by atoms with Gasteiger partial charge < -0.3 is 0 Å². The predicted molar refractivity (Wildman–Crippen MR) is 106 cm³/mol. The van der Waals surface area contributed by atoms with E-state index in [1.807, 2.05) is 54.6 Å². The third-order valence-corrected chi connectivity index (χ3v) is 4.34. The van der Waals surface area contributed by atoms with Crippen LogP contribution in [0.5, 0.6) is 0 Å². The smallest absolute Gasteiger partial charge is 0.0991 e. The Balaban J connectivity index is 1.70. The minimum absolute atomic E-state index is 0.627. The number of nitrogens with zero attached hydrogens (tertiary/aromatic N) is 2. The second-order valence-electron chi connectivity index (χ2n) is 6.20. The fraction of sp³-hybridized carbons (Fsp3) is 0.0833. The van der Waals surface area contributed by atoms with Gasteiger partial charge in [-0.1, -0.05) is 85.0 Å². The van der Waals surface area contributed by atoms with Crippen LogP contribution in [0.25, 0.3) is 12.2 Å². The van der Waals surface area contributed by atoms with Gasteiger partial charge in [0, 0.05) is 0 Å². The van der Waals surface area contributed by atoms with Gasteiger partial charge in [0.05, 0.1) is 23.1 Å². The number of benzene rings is 2.